The van der Waals surface area contributed by atoms with Crippen LogP contribution in [0.1, 0.15) is 20.3 Å². The highest BCUT2D eigenvalue weighted by atomic mass is 32.2. The Morgan fingerprint density at radius 1 is 0.969 bits per heavy atom. The van der Waals surface area contributed by atoms with E-state index in [1.807, 2.05) is 0 Å². The van der Waals surface area contributed by atoms with E-state index in [0.29, 0.717) is 75.6 Å². The molecule has 0 atom stereocenters. The zero-order valence-electron chi connectivity index (χ0n) is 19.2. The number of hydrogen-bond acceptors (Lipinski definition) is 10. The third kappa shape index (κ3) is 13.5. The van der Waals surface area contributed by atoms with E-state index in [2.05, 4.69) is 23.8 Å². The van der Waals surface area contributed by atoms with Crippen LogP contribution in [-0.2, 0) is 33.3 Å². The lowest BCUT2D eigenvalue weighted by molar-refractivity contribution is -0.138. The summed E-state index contributed by atoms with van der Waals surface area (Å²) >= 11 is 1.47. The van der Waals surface area contributed by atoms with Gasteiger partial charge in [0.1, 0.15) is 18.3 Å². The van der Waals surface area contributed by atoms with Crippen molar-refractivity contribution < 1.29 is 33.3 Å². The fraction of sp³-hybridized carbons (Fsp3) is 0.636. The summed E-state index contributed by atoms with van der Waals surface area (Å²) in [5.41, 5.74) is 1.72. The fourth-order valence-corrected chi connectivity index (χ4v) is 2.81. The molecular formula is C22H36N2O7S. The van der Waals surface area contributed by atoms with Gasteiger partial charge in [-0.15, -0.1) is 11.8 Å². The molecule has 0 aromatic heterocycles. The molecule has 0 aromatic rings. The number of hydrogen-bond donors (Lipinski definition) is 2. The lowest BCUT2D eigenvalue weighted by atomic mass is 10.1. The second-order valence-electron chi connectivity index (χ2n) is 7.06. The third-order valence-corrected chi connectivity index (χ3v) is 4.80. The SMILES string of the molecule is C=C(C)C(=O)OCSCNCCOCCOCCNC/C(COC(=O)C(=C)C)=C1/CCO1. The van der Waals surface area contributed by atoms with E-state index in [9.17, 15) is 9.59 Å². The maximum Gasteiger partial charge on any atom is 0.333 e. The molecule has 1 aliphatic heterocycles. The summed E-state index contributed by atoms with van der Waals surface area (Å²) in [6, 6.07) is 0. The zero-order chi connectivity index (χ0) is 23.6. The molecule has 0 spiro atoms. The summed E-state index contributed by atoms with van der Waals surface area (Å²) in [5.74, 6) is 1.09. The number of carbonyl (C=O) groups excluding carboxylic acids is 2. The van der Waals surface area contributed by atoms with Crippen LogP contribution in [0.15, 0.2) is 35.6 Å². The molecule has 0 aliphatic carbocycles. The van der Waals surface area contributed by atoms with Gasteiger partial charge in [-0.1, -0.05) is 13.2 Å². The van der Waals surface area contributed by atoms with Crippen LogP contribution in [0, 0.1) is 0 Å². The summed E-state index contributed by atoms with van der Waals surface area (Å²) in [7, 11) is 0. The second-order valence-corrected chi connectivity index (χ2v) is 7.99. The average Bonchev–Trinajstić information content (AvgIpc) is 2.72. The van der Waals surface area contributed by atoms with Gasteiger partial charge in [-0.25, -0.2) is 9.59 Å². The number of nitrogens with one attached hydrogen (secondary N) is 2. The summed E-state index contributed by atoms with van der Waals surface area (Å²) in [5, 5.41) is 6.45. The maximum atomic E-state index is 11.6. The van der Waals surface area contributed by atoms with Gasteiger partial charge in [0.05, 0.1) is 33.0 Å². The number of ether oxygens (including phenoxy) is 5. The molecule has 1 rings (SSSR count). The molecule has 1 fully saturated rings. The maximum absolute atomic E-state index is 11.6. The molecule has 1 aliphatic rings. The molecule has 0 amide bonds. The van der Waals surface area contributed by atoms with Crippen molar-refractivity contribution in [1.29, 1.82) is 0 Å². The van der Waals surface area contributed by atoms with Gasteiger partial charge in [-0.2, -0.15) is 0 Å². The first kappa shape index (κ1) is 28.2. The number of esters is 2. The van der Waals surface area contributed by atoms with Crippen molar-refractivity contribution in [3.63, 3.8) is 0 Å². The fourth-order valence-electron chi connectivity index (χ4n) is 2.24. The number of thioether (sulfide) groups is 1. The van der Waals surface area contributed by atoms with Crippen molar-refractivity contribution >= 4 is 23.7 Å². The molecule has 1 heterocycles. The summed E-state index contributed by atoms with van der Waals surface area (Å²) in [6.07, 6.45) is 0.867. The number of carbonyl (C=O) groups is 2. The normalized spacial score (nSPS) is 14.2. The van der Waals surface area contributed by atoms with Crippen LogP contribution in [0.3, 0.4) is 0 Å². The lowest BCUT2D eigenvalue weighted by Crippen LogP contribution is -2.28. The number of rotatable bonds is 19. The molecule has 0 bridgehead atoms. The highest BCUT2D eigenvalue weighted by Gasteiger charge is 2.17. The second kappa shape index (κ2) is 17.7. The van der Waals surface area contributed by atoms with Gasteiger partial charge in [-0.3, -0.25) is 0 Å². The van der Waals surface area contributed by atoms with Crippen LogP contribution in [0.4, 0.5) is 0 Å². The molecule has 0 saturated carbocycles. The Labute approximate surface area is 194 Å². The van der Waals surface area contributed by atoms with Crippen LogP contribution < -0.4 is 10.6 Å². The van der Waals surface area contributed by atoms with E-state index in [4.69, 9.17) is 23.7 Å². The molecule has 0 aromatic carbocycles. The van der Waals surface area contributed by atoms with E-state index >= 15 is 0 Å². The quantitative estimate of drug-likeness (QED) is 0.125. The van der Waals surface area contributed by atoms with E-state index in [1.165, 1.54) is 11.8 Å². The largest absolute Gasteiger partial charge is 0.497 e. The first-order valence-electron chi connectivity index (χ1n) is 10.6. The Hall–Kier alpha value is -1.85. The summed E-state index contributed by atoms with van der Waals surface area (Å²) < 4.78 is 26.6. The predicted octanol–water partition coefficient (Wildman–Crippen LogP) is 1.76. The van der Waals surface area contributed by atoms with Gasteiger partial charge in [0.15, 0.2) is 0 Å². The van der Waals surface area contributed by atoms with E-state index in [-0.39, 0.29) is 12.6 Å². The van der Waals surface area contributed by atoms with Crippen molar-refractivity contribution in [2.24, 2.45) is 0 Å². The Kier molecular flexibility index (Phi) is 15.6. The molecule has 10 heteroatoms. The van der Waals surface area contributed by atoms with Crippen LogP contribution >= 0.6 is 11.8 Å². The molecule has 2 N–H and O–H groups in total. The van der Waals surface area contributed by atoms with E-state index in [1.54, 1.807) is 13.8 Å². The highest BCUT2D eigenvalue weighted by Crippen LogP contribution is 2.20. The van der Waals surface area contributed by atoms with Gasteiger partial charge in [0.25, 0.3) is 0 Å². The Bertz CT molecular complexity index is 646. The Morgan fingerprint density at radius 2 is 1.56 bits per heavy atom. The lowest BCUT2D eigenvalue weighted by Gasteiger charge is -2.23. The standard InChI is InChI=1S/C22H36N2O7S/c1-17(2)21(25)30-14-19(20-5-8-29-20)13-23-6-9-27-11-12-28-10-7-24-15-32-16-31-22(26)18(3)4/h23-24H,1,3,5-16H2,2,4H3/b20-19+. The van der Waals surface area contributed by atoms with Gasteiger partial charge in [0.2, 0.25) is 0 Å². The smallest absolute Gasteiger partial charge is 0.333 e. The minimum atomic E-state index is -0.399. The van der Waals surface area contributed by atoms with Crippen LogP contribution in [0.25, 0.3) is 0 Å². The highest BCUT2D eigenvalue weighted by molar-refractivity contribution is 7.99. The van der Waals surface area contributed by atoms with Crippen LogP contribution in [0.2, 0.25) is 0 Å². The van der Waals surface area contributed by atoms with Gasteiger partial charge in [0, 0.05) is 48.7 Å². The molecule has 182 valence electrons. The van der Waals surface area contributed by atoms with Gasteiger partial charge >= 0.3 is 11.9 Å². The Morgan fingerprint density at radius 3 is 2.12 bits per heavy atom. The van der Waals surface area contributed by atoms with Crippen molar-refractivity contribution in [1.82, 2.24) is 10.6 Å². The molecule has 1 saturated heterocycles. The molecule has 9 nitrogen and oxygen atoms in total. The van der Waals surface area contributed by atoms with Crippen molar-refractivity contribution in [2.45, 2.75) is 20.3 Å². The zero-order valence-corrected chi connectivity index (χ0v) is 20.0. The van der Waals surface area contributed by atoms with Crippen molar-refractivity contribution in [3.05, 3.63) is 35.6 Å². The van der Waals surface area contributed by atoms with Crippen molar-refractivity contribution in [3.8, 4) is 0 Å². The third-order valence-electron chi connectivity index (χ3n) is 4.11. The first-order valence-corrected chi connectivity index (χ1v) is 11.7. The minimum Gasteiger partial charge on any atom is -0.497 e. The molecular weight excluding hydrogens is 436 g/mol. The predicted molar refractivity (Wildman–Crippen MR) is 124 cm³/mol. The average molecular weight is 473 g/mol. The molecule has 0 unspecified atom stereocenters. The van der Waals surface area contributed by atoms with Gasteiger partial charge in [-0.05, 0) is 13.8 Å². The Balaban J connectivity index is 1.92. The van der Waals surface area contributed by atoms with Crippen molar-refractivity contribution in [2.75, 3.05) is 71.1 Å². The van der Waals surface area contributed by atoms with Gasteiger partial charge < -0.3 is 34.3 Å². The molecule has 32 heavy (non-hydrogen) atoms. The van der Waals surface area contributed by atoms with Crippen LogP contribution in [0.5, 0.6) is 0 Å². The van der Waals surface area contributed by atoms with Crippen LogP contribution in [-0.4, -0.2) is 83.0 Å². The molecule has 0 radical (unpaired) electrons. The topological polar surface area (TPSA) is 104 Å². The minimum absolute atomic E-state index is 0.203. The summed E-state index contributed by atoms with van der Waals surface area (Å²) in [6.45, 7) is 15.4. The van der Waals surface area contributed by atoms with E-state index in [0.717, 1.165) is 17.8 Å². The monoisotopic (exact) mass is 472 g/mol. The first-order chi connectivity index (χ1) is 15.4. The summed E-state index contributed by atoms with van der Waals surface area (Å²) in [4.78, 5) is 22.7. The van der Waals surface area contributed by atoms with E-state index < -0.39 is 5.97 Å².